The molecule has 0 aliphatic carbocycles. The van der Waals surface area contributed by atoms with Crippen LogP contribution in [0.1, 0.15) is 19.2 Å². The van der Waals surface area contributed by atoms with Gasteiger partial charge in [-0.1, -0.05) is 0 Å². The molecule has 20 heavy (non-hydrogen) atoms. The van der Waals surface area contributed by atoms with Gasteiger partial charge < -0.3 is 13.6 Å². The van der Waals surface area contributed by atoms with Crippen LogP contribution in [0.5, 0.6) is 0 Å². The first-order chi connectivity index (χ1) is 9.69. The number of carbonyl (C=O) groups is 1. The molecule has 2 aromatic heterocycles. The molecule has 0 spiro atoms. The lowest BCUT2D eigenvalue weighted by atomic mass is 10.4. The zero-order valence-corrected chi connectivity index (χ0v) is 11.5. The molecular formula is C13H17N3O4. The smallest absolute Gasteiger partial charge is 0.307 e. The molecule has 0 N–H and O–H groups in total. The van der Waals surface area contributed by atoms with E-state index in [-0.39, 0.29) is 5.97 Å². The van der Waals surface area contributed by atoms with Gasteiger partial charge in [0, 0.05) is 6.54 Å². The zero-order valence-electron chi connectivity index (χ0n) is 11.5. The van der Waals surface area contributed by atoms with Gasteiger partial charge in [0.1, 0.15) is 0 Å². The van der Waals surface area contributed by atoms with Crippen LogP contribution in [0.15, 0.2) is 27.2 Å². The second-order valence-electron chi connectivity index (χ2n) is 4.27. The number of ether oxygens (including phenoxy) is 1. The van der Waals surface area contributed by atoms with Crippen LogP contribution >= 0.6 is 0 Å². The molecule has 2 rings (SSSR count). The first-order valence-corrected chi connectivity index (χ1v) is 6.39. The lowest BCUT2D eigenvalue weighted by Crippen LogP contribution is -2.22. The summed E-state index contributed by atoms with van der Waals surface area (Å²) >= 11 is 0. The molecule has 0 saturated heterocycles. The fourth-order valence-electron chi connectivity index (χ4n) is 1.64. The molecule has 0 atom stereocenters. The summed E-state index contributed by atoms with van der Waals surface area (Å²) in [4.78, 5) is 13.2. The van der Waals surface area contributed by atoms with E-state index < -0.39 is 0 Å². The Morgan fingerprint density at radius 2 is 2.30 bits per heavy atom. The predicted octanol–water partition coefficient (Wildman–Crippen LogP) is 1.71. The molecule has 7 nitrogen and oxygen atoms in total. The van der Waals surface area contributed by atoms with Gasteiger partial charge >= 0.3 is 5.97 Å². The van der Waals surface area contributed by atoms with Crippen LogP contribution in [0, 0.1) is 0 Å². The highest BCUT2D eigenvalue weighted by molar-refractivity contribution is 5.69. The summed E-state index contributed by atoms with van der Waals surface area (Å²) in [7, 11) is 1.87. The van der Waals surface area contributed by atoms with Gasteiger partial charge in [-0.3, -0.25) is 9.69 Å². The zero-order chi connectivity index (χ0) is 14.4. The van der Waals surface area contributed by atoms with Crippen molar-refractivity contribution in [3.8, 4) is 11.7 Å². The van der Waals surface area contributed by atoms with Gasteiger partial charge in [0.05, 0.1) is 25.8 Å². The average molecular weight is 279 g/mol. The molecule has 2 heterocycles. The van der Waals surface area contributed by atoms with Crippen LogP contribution in [-0.4, -0.2) is 41.3 Å². The Labute approximate surface area is 116 Å². The maximum absolute atomic E-state index is 11.2. The fraction of sp³-hybridized carbons (Fsp3) is 0.462. The topological polar surface area (TPSA) is 81.6 Å². The van der Waals surface area contributed by atoms with Crippen molar-refractivity contribution < 1.29 is 18.4 Å². The molecule has 0 aromatic carbocycles. The van der Waals surface area contributed by atoms with Gasteiger partial charge in [0.2, 0.25) is 5.89 Å². The van der Waals surface area contributed by atoms with Crippen molar-refractivity contribution in [2.45, 2.75) is 19.9 Å². The Morgan fingerprint density at radius 1 is 1.45 bits per heavy atom. The fourth-order valence-corrected chi connectivity index (χ4v) is 1.64. The van der Waals surface area contributed by atoms with Crippen molar-refractivity contribution >= 4 is 5.97 Å². The minimum atomic E-state index is -0.207. The third kappa shape index (κ3) is 3.92. The quantitative estimate of drug-likeness (QED) is 0.713. The minimum Gasteiger partial charge on any atom is -0.466 e. The Balaban J connectivity index is 1.83. The highest BCUT2D eigenvalue weighted by atomic mass is 16.5. The molecule has 0 aliphatic heterocycles. The molecule has 0 fully saturated rings. The summed E-state index contributed by atoms with van der Waals surface area (Å²) in [6.45, 7) is 3.22. The van der Waals surface area contributed by atoms with E-state index in [9.17, 15) is 4.79 Å². The van der Waals surface area contributed by atoms with Crippen molar-refractivity contribution in [1.29, 1.82) is 0 Å². The van der Waals surface area contributed by atoms with E-state index in [4.69, 9.17) is 13.6 Å². The minimum absolute atomic E-state index is 0.207. The molecule has 0 amide bonds. The summed E-state index contributed by atoms with van der Waals surface area (Å²) < 4.78 is 15.5. The van der Waals surface area contributed by atoms with E-state index in [1.807, 2.05) is 11.9 Å². The number of esters is 1. The van der Waals surface area contributed by atoms with Crippen molar-refractivity contribution in [3.63, 3.8) is 0 Å². The largest absolute Gasteiger partial charge is 0.466 e. The van der Waals surface area contributed by atoms with Crippen LogP contribution in [0.4, 0.5) is 0 Å². The third-order valence-corrected chi connectivity index (χ3v) is 2.61. The maximum Gasteiger partial charge on any atom is 0.307 e. The van der Waals surface area contributed by atoms with Gasteiger partial charge in [-0.05, 0) is 26.1 Å². The number of hydrogen-bond donors (Lipinski definition) is 0. The molecule has 2 aromatic rings. The predicted molar refractivity (Wildman–Crippen MR) is 69.6 cm³/mol. The van der Waals surface area contributed by atoms with Crippen LogP contribution < -0.4 is 0 Å². The summed E-state index contributed by atoms with van der Waals surface area (Å²) in [5.41, 5.74) is 0. The van der Waals surface area contributed by atoms with Gasteiger partial charge in [0.15, 0.2) is 5.76 Å². The van der Waals surface area contributed by atoms with E-state index in [0.717, 1.165) is 0 Å². The van der Waals surface area contributed by atoms with Gasteiger partial charge in [-0.25, -0.2) is 0 Å². The highest BCUT2D eigenvalue weighted by Crippen LogP contribution is 2.18. The van der Waals surface area contributed by atoms with Gasteiger partial charge in [-0.15, -0.1) is 10.2 Å². The lowest BCUT2D eigenvalue weighted by molar-refractivity contribution is -0.143. The second-order valence-corrected chi connectivity index (χ2v) is 4.27. The molecule has 0 saturated carbocycles. The van der Waals surface area contributed by atoms with E-state index in [1.54, 1.807) is 25.3 Å². The molecule has 0 radical (unpaired) electrons. The highest BCUT2D eigenvalue weighted by Gasteiger charge is 2.13. The van der Waals surface area contributed by atoms with Crippen molar-refractivity contribution in [2.75, 3.05) is 20.2 Å². The van der Waals surface area contributed by atoms with Crippen LogP contribution in [0.25, 0.3) is 11.7 Å². The lowest BCUT2D eigenvalue weighted by Gasteiger charge is -2.13. The monoisotopic (exact) mass is 279 g/mol. The number of hydrogen-bond acceptors (Lipinski definition) is 7. The molecule has 0 bridgehead atoms. The van der Waals surface area contributed by atoms with Gasteiger partial charge in [-0.2, -0.15) is 0 Å². The van der Waals surface area contributed by atoms with E-state index in [1.165, 1.54) is 0 Å². The standard InChI is InChI=1S/C13H17N3O4/c1-3-18-12(17)6-7-16(2)9-11-14-15-13(20-11)10-5-4-8-19-10/h4-5,8H,3,6-7,9H2,1-2H3. The van der Waals surface area contributed by atoms with Gasteiger partial charge in [0.25, 0.3) is 5.89 Å². The first-order valence-electron chi connectivity index (χ1n) is 6.39. The molecular weight excluding hydrogens is 262 g/mol. The summed E-state index contributed by atoms with van der Waals surface area (Å²) in [5, 5.41) is 7.85. The number of aromatic nitrogens is 2. The molecule has 108 valence electrons. The van der Waals surface area contributed by atoms with Crippen LogP contribution in [0.2, 0.25) is 0 Å². The summed E-state index contributed by atoms with van der Waals surface area (Å²) in [5.74, 6) is 1.16. The summed E-state index contributed by atoms with van der Waals surface area (Å²) in [6, 6.07) is 3.51. The van der Waals surface area contributed by atoms with Crippen LogP contribution in [0.3, 0.4) is 0 Å². The Kier molecular flexibility index (Phi) is 4.89. The van der Waals surface area contributed by atoms with E-state index in [2.05, 4.69) is 10.2 Å². The van der Waals surface area contributed by atoms with Crippen molar-refractivity contribution in [1.82, 2.24) is 15.1 Å². The first kappa shape index (κ1) is 14.3. The van der Waals surface area contributed by atoms with Crippen molar-refractivity contribution in [2.24, 2.45) is 0 Å². The van der Waals surface area contributed by atoms with E-state index >= 15 is 0 Å². The average Bonchev–Trinajstić information content (AvgIpc) is 3.07. The third-order valence-electron chi connectivity index (χ3n) is 2.61. The molecule has 0 aliphatic rings. The maximum atomic E-state index is 11.2. The SMILES string of the molecule is CCOC(=O)CCN(C)Cc1nnc(-c2ccco2)o1. The Hall–Kier alpha value is -2.15. The number of nitrogens with zero attached hydrogens (tertiary/aromatic N) is 3. The number of carbonyl (C=O) groups excluding carboxylic acids is 1. The Morgan fingerprint density at radius 3 is 3.00 bits per heavy atom. The summed E-state index contributed by atoms with van der Waals surface area (Å²) in [6.07, 6.45) is 1.88. The number of rotatable bonds is 7. The second kappa shape index (κ2) is 6.85. The molecule has 0 unspecified atom stereocenters. The Bertz CT molecular complexity index is 536. The molecule has 7 heteroatoms. The van der Waals surface area contributed by atoms with Crippen LogP contribution in [-0.2, 0) is 16.1 Å². The normalized spacial score (nSPS) is 10.9. The van der Waals surface area contributed by atoms with Crippen molar-refractivity contribution in [3.05, 3.63) is 24.3 Å². The number of furan rings is 1. The van der Waals surface area contributed by atoms with E-state index in [0.29, 0.717) is 43.7 Å².